The van der Waals surface area contributed by atoms with Crippen LogP contribution in [0.25, 0.3) is 0 Å². The first-order valence-electron chi connectivity index (χ1n) is 10.2. The summed E-state index contributed by atoms with van der Waals surface area (Å²) < 4.78 is 13.4. The van der Waals surface area contributed by atoms with Gasteiger partial charge < -0.3 is 14.0 Å². The van der Waals surface area contributed by atoms with Crippen LogP contribution < -0.4 is 15.1 Å². The first kappa shape index (κ1) is 20.2. The van der Waals surface area contributed by atoms with E-state index >= 15 is 0 Å². The Morgan fingerprint density at radius 2 is 2.17 bits per heavy atom. The van der Waals surface area contributed by atoms with Gasteiger partial charge in [-0.2, -0.15) is 5.10 Å². The second-order valence-electron chi connectivity index (χ2n) is 7.60. The number of hydrogen-bond donors (Lipinski definition) is 1. The smallest absolute Gasteiger partial charge is 0.265 e. The van der Waals surface area contributed by atoms with Crippen molar-refractivity contribution in [2.75, 3.05) is 24.7 Å². The molecule has 1 atom stereocenters. The van der Waals surface area contributed by atoms with Crippen molar-refractivity contribution in [1.29, 1.82) is 0 Å². The summed E-state index contributed by atoms with van der Waals surface area (Å²) >= 11 is 0. The lowest BCUT2D eigenvalue weighted by molar-refractivity contribution is -0.125. The molecule has 1 aromatic carbocycles. The SMILES string of the molecule is Cc1cc(/C=N\NC(=O)CN2C(=O)COc3ccccc32)c(C)n1C[C@H]1CCCO1. The molecule has 1 saturated heterocycles. The molecule has 1 aromatic heterocycles. The Morgan fingerprint density at radius 3 is 2.97 bits per heavy atom. The third-order valence-corrected chi connectivity index (χ3v) is 5.53. The minimum absolute atomic E-state index is 0.0791. The number of aryl methyl sites for hydroxylation is 1. The number of aromatic nitrogens is 1. The van der Waals surface area contributed by atoms with Crippen molar-refractivity contribution in [3.05, 3.63) is 47.3 Å². The van der Waals surface area contributed by atoms with Gasteiger partial charge in [0.05, 0.1) is 18.0 Å². The Balaban J connectivity index is 1.38. The molecule has 0 bridgehead atoms. The summed E-state index contributed by atoms with van der Waals surface area (Å²) in [6.45, 7) is 5.56. The van der Waals surface area contributed by atoms with Crippen LogP contribution in [0.15, 0.2) is 35.4 Å². The predicted molar refractivity (Wildman–Crippen MR) is 113 cm³/mol. The van der Waals surface area contributed by atoms with Crippen molar-refractivity contribution in [2.24, 2.45) is 5.10 Å². The van der Waals surface area contributed by atoms with Gasteiger partial charge in [-0.05, 0) is 44.9 Å². The van der Waals surface area contributed by atoms with Gasteiger partial charge in [0.15, 0.2) is 6.61 Å². The molecule has 2 amide bonds. The Labute approximate surface area is 175 Å². The molecular weight excluding hydrogens is 384 g/mol. The molecule has 0 unspecified atom stereocenters. The van der Waals surface area contributed by atoms with Gasteiger partial charge in [-0.25, -0.2) is 5.43 Å². The van der Waals surface area contributed by atoms with Crippen molar-refractivity contribution >= 4 is 23.7 Å². The molecule has 3 heterocycles. The lowest BCUT2D eigenvalue weighted by Crippen LogP contribution is -2.44. The zero-order valence-electron chi connectivity index (χ0n) is 17.3. The molecule has 8 nitrogen and oxygen atoms in total. The van der Waals surface area contributed by atoms with E-state index in [0.29, 0.717) is 11.4 Å². The van der Waals surface area contributed by atoms with E-state index in [1.165, 1.54) is 4.90 Å². The zero-order valence-corrected chi connectivity index (χ0v) is 17.3. The number of nitrogens with zero attached hydrogens (tertiary/aromatic N) is 3. The molecule has 30 heavy (non-hydrogen) atoms. The largest absolute Gasteiger partial charge is 0.482 e. The molecule has 0 saturated carbocycles. The highest BCUT2D eigenvalue weighted by molar-refractivity contribution is 6.02. The normalized spacial score (nSPS) is 18.5. The van der Waals surface area contributed by atoms with Gasteiger partial charge in [0, 0.05) is 30.1 Å². The second kappa shape index (κ2) is 8.71. The molecule has 2 aliphatic heterocycles. The van der Waals surface area contributed by atoms with Gasteiger partial charge in [-0.3, -0.25) is 14.5 Å². The number of hydrogen-bond acceptors (Lipinski definition) is 5. The van der Waals surface area contributed by atoms with Crippen molar-refractivity contribution in [3.8, 4) is 5.75 Å². The third-order valence-electron chi connectivity index (χ3n) is 5.53. The van der Waals surface area contributed by atoms with Crippen molar-refractivity contribution in [3.63, 3.8) is 0 Å². The number of rotatable bonds is 6. The Kier molecular flexibility index (Phi) is 5.85. The summed E-state index contributed by atoms with van der Waals surface area (Å²) in [6.07, 6.45) is 4.09. The zero-order chi connectivity index (χ0) is 21.1. The minimum atomic E-state index is -0.371. The predicted octanol–water partition coefficient (Wildman–Crippen LogP) is 2.16. The quantitative estimate of drug-likeness (QED) is 0.584. The van der Waals surface area contributed by atoms with Crippen LogP contribution in [0, 0.1) is 13.8 Å². The highest BCUT2D eigenvalue weighted by atomic mass is 16.5. The maximum atomic E-state index is 12.4. The van der Waals surface area contributed by atoms with E-state index in [0.717, 1.165) is 42.9 Å². The van der Waals surface area contributed by atoms with Gasteiger partial charge in [0.25, 0.3) is 11.8 Å². The molecular formula is C22H26N4O4. The van der Waals surface area contributed by atoms with Gasteiger partial charge in [-0.15, -0.1) is 0 Å². The van der Waals surface area contributed by atoms with Crippen LogP contribution in [0.5, 0.6) is 5.75 Å². The van der Waals surface area contributed by atoms with Crippen LogP contribution in [0.3, 0.4) is 0 Å². The number of fused-ring (bicyclic) bond motifs is 1. The van der Waals surface area contributed by atoms with Crippen LogP contribution >= 0.6 is 0 Å². The lowest BCUT2D eigenvalue weighted by atomic mass is 10.2. The number of carbonyl (C=O) groups is 2. The Bertz CT molecular complexity index is 976. The van der Waals surface area contributed by atoms with Gasteiger partial charge >= 0.3 is 0 Å². The van der Waals surface area contributed by atoms with E-state index in [1.54, 1.807) is 24.4 Å². The molecule has 1 N–H and O–H groups in total. The van der Waals surface area contributed by atoms with Crippen molar-refractivity contribution in [2.45, 2.75) is 39.3 Å². The number of anilines is 1. The molecule has 158 valence electrons. The summed E-state index contributed by atoms with van der Waals surface area (Å²) in [5.74, 6) is -0.0398. The highest BCUT2D eigenvalue weighted by Crippen LogP contribution is 2.31. The van der Waals surface area contributed by atoms with E-state index in [9.17, 15) is 9.59 Å². The fourth-order valence-corrected chi connectivity index (χ4v) is 3.91. The number of benzene rings is 1. The Morgan fingerprint density at radius 1 is 1.33 bits per heavy atom. The average molecular weight is 410 g/mol. The fourth-order valence-electron chi connectivity index (χ4n) is 3.91. The summed E-state index contributed by atoms with van der Waals surface area (Å²) in [5.41, 5.74) is 6.26. The van der Waals surface area contributed by atoms with E-state index in [-0.39, 0.29) is 31.1 Å². The molecule has 2 aliphatic rings. The first-order chi connectivity index (χ1) is 14.5. The summed E-state index contributed by atoms with van der Waals surface area (Å²) in [7, 11) is 0. The standard InChI is InChI=1S/C22H26N4O4/c1-15-10-17(16(2)25(15)12-18-6-5-9-29-18)11-23-24-21(27)13-26-19-7-3-4-8-20(19)30-14-22(26)28/h3-4,7-8,10-11,18H,5-6,9,12-14H2,1-2H3,(H,24,27)/b23-11-/t18-/m1/s1. The molecule has 2 aromatic rings. The second-order valence-corrected chi connectivity index (χ2v) is 7.60. The van der Waals surface area contributed by atoms with E-state index in [2.05, 4.69) is 22.0 Å². The molecule has 0 aliphatic carbocycles. The molecule has 8 heteroatoms. The number of ether oxygens (including phenoxy) is 2. The van der Waals surface area contributed by atoms with E-state index < -0.39 is 0 Å². The summed E-state index contributed by atoms with van der Waals surface area (Å²) in [5, 5.41) is 4.10. The maximum Gasteiger partial charge on any atom is 0.265 e. The summed E-state index contributed by atoms with van der Waals surface area (Å²) in [4.78, 5) is 26.0. The van der Waals surface area contributed by atoms with Crippen LogP contribution in [0.4, 0.5) is 5.69 Å². The molecule has 4 rings (SSSR count). The van der Waals surface area contributed by atoms with E-state index in [4.69, 9.17) is 9.47 Å². The fraction of sp³-hybridized carbons (Fsp3) is 0.409. The number of hydrazone groups is 1. The van der Waals surface area contributed by atoms with E-state index in [1.807, 2.05) is 19.1 Å². The monoisotopic (exact) mass is 410 g/mol. The molecule has 0 radical (unpaired) electrons. The van der Waals surface area contributed by atoms with Gasteiger partial charge in [0.1, 0.15) is 12.3 Å². The van der Waals surface area contributed by atoms with Gasteiger partial charge in [0.2, 0.25) is 0 Å². The van der Waals surface area contributed by atoms with Crippen molar-refractivity contribution < 1.29 is 19.1 Å². The first-order valence-corrected chi connectivity index (χ1v) is 10.2. The lowest BCUT2D eigenvalue weighted by Gasteiger charge is -2.28. The number of para-hydroxylation sites is 2. The van der Waals surface area contributed by atoms with Crippen LogP contribution in [-0.4, -0.2) is 48.5 Å². The third kappa shape index (κ3) is 4.23. The van der Waals surface area contributed by atoms with Gasteiger partial charge in [-0.1, -0.05) is 12.1 Å². The highest BCUT2D eigenvalue weighted by Gasteiger charge is 2.26. The topological polar surface area (TPSA) is 85.2 Å². The molecule has 1 fully saturated rings. The summed E-state index contributed by atoms with van der Waals surface area (Å²) in [6, 6.07) is 9.20. The number of carbonyl (C=O) groups excluding carboxylic acids is 2. The van der Waals surface area contributed by atoms with Crippen LogP contribution in [-0.2, 0) is 20.9 Å². The van der Waals surface area contributed by atoms with Crippen molar-refractivity contribution in [1.82, 2.24) is 9.99 Å². The minimum Gasteiger partial charge on any atom is -0.482 e. The average Bonchev–Trinajstić information content (AvgIpc) is 3.34. The van der Waals surface area contributed by atoms with Crippen LogP contribution in [0.1, 0.15) is 29.8 Å². The molecule has 0 spiro atoms. The number of amides is 2. The Hall–Kier alpha value is -3.13. The maximum absolute atomic E-state index is 12.4. The number of nitrogens with one attached hydrogen (secondary N) is 1. The van der Waals surface area contributed by atoms with Crippen LogP contribution in [0.2, 0.25) is 0 Å².